The van der Waals surface area contributed by atoms with Gasteiger partial charge in [0, 0.05) is 0 Å². The summed E-state index contributed by atoms with van der Waals surface area (Å²) in [5.74, 6) is 1.13. The number of nitrogens with zero attached hydrogens (tertiary/aromatic N) is 3. The second-order valence-electron chi connectivity index (χ2n) is 4.23. The van der Waals surface area contributed by atoms with Gasteiger partial charge in [0.05, 0.1) is 23.1 Å². The lowest BCUT2D eigenvalue weighted by Crippen LogP contribution is -1.99. The second kappa shape index (κ2) is 6.08. The van der Waals surface area contributed by atoms with Crippen molar-refractivity contribution in [3.8, 4) is 17.7 Å². The van der Waals surface area contributed by atoms with E-state index in [0.29, 0.717) is 22.8 Å². The molecule has 0 saturated heterocycles. The zero-order valence-corrected chi connectivity index (χ0v) is 12.5. The summed E-state index contributed by atoms with van der Waals surface area (Å²) in [7, 11) is 0. The number of nitriles is 1. The number of aromatic nitrogens is 2. The van der Waals surface area contributed by atoms with Gasteiger partial charge in [-0.2, -0.15) is 5.26 Å². The quantitative estimate of drug-likeness (QED) is 0.631. The molecule has 0 bridgehead atoms. The number of benzene rings is 1. The first-order valence-electron chi connectivity index (χ1n) is 5.81. The summed E-state index contributed by atoms with van der Waals surface area (Å²) in [6.07, 6.45) is 1.32. The topological polar surface area (TPSA) is 58.8 Å². The predicted molar refractivity (Wildman–Crippen MR) is 77.3 cm³/mol. The van der Waals surface area contributed by atoms with E-state index in [-0.39, 0.29) is 11.0 Å². The summed E-state index contributed by atoms with van der Waals surface area (Å²) in [4.78, 5) is 7.93. The van der Waals surface area contributed by atoms with Crippen molar-refractivity contribution in [3.63, 3.8) is 0 Å². The van der Waals surface area contributed by atoms with Gasteiger partial charge in [-0.25, -0.2) is 9.97 Å². The molecule has 20 heavy (non-hydrogen) atoms. The Kier molecular flexibility index (Phi) is 4.43. The van der Waals surface area contributed by atoms with Crippen LogP contribution in [0.25, 0.3) is 0 Å². The number of hydrogen-bond donors (Lipinski definition) is 0. The summed E-state index contributed by atoms with van der Waals surface area (Å²) < 4.78 is 5.81. The van der Waals surface area contributed by atoms with Crippen LogP contribution in [0.15, 0.2) is 18.5 Å². The summed E-state index contributed by atoms with van der Waals surface area (Å²) in [6, 6.07) is 5.62. The number of hydrogen-bond acceptors (Lipinski definition) is 4. The maximum Gasteiger partial charge on any atom is 0.228 e. The summed E-state index contributed by atoms with van der Waals surface area (Å²) >= 11 is 11.8. The summed E-state index contributed by atoms with van der Waals surface area (Å²) in [5, 5.41) is 9.21. The molecular formula is C14H11Cl2N3O. The summed E-state index contributed by atoms with van der Waals surface area (Å²) in [5.41, 5.74) is 2.82. The molecule has 0 aliphatic rings. The number of halogens is 2. The molecule has 1 heterocycles. The maximum atomic E-state index is 8.94. The third kappa shape index (κ3) is 2.84. The van der Waals surface area contributed by atoms with E-state index in [1.54, 1.807) is 12.1 Å². The third-order valence-corrected chi connectivity index (χ3v) is 3.37. The van der Waals surface area contributed by atoms with Crippen molar-refractivity contribution in [1.29, 1.82) is 5.26 Å². The molecule has 4 nitrogen and oxygen atoms in total. The normalized spacial score (nSPS) is 10.2. The molecule has 0 unspecified atom stereocenters. The largest absolute Gasteiger partial charge is 0.438 e. The first-order valence-corrected chi connectivity index (χ1v) is 6.72. The maximum absolute atomic E-state index is 8.94. The molecule has 6 heteroatoms. The highest BCUT2D eigenvalue weighted by Gasteiger charge is 2.14. The van der Waals surface area contributed by atoms with E-state index in [1.807, 2.05) is 13.8 Å². The highest BCUT2D eigenvalue weighted by atomic mass is 35.5. The first-order chi connectivity index (χ1) is 9.56. The first kappa shape index (κ1) is 14.6. The zero-order valence-electron chi connectivity index (χ0n) is 10.9. The smallest absolute Gasteiger partial charge is 0.228 e. The lowest BCUT2D eigenvalue weighted by atomic mass is 10.1. The van der Waals surface area contributed by atoms with Crippen LogP contribution in [0, 0.1) is 25.2 Å². The predicted octanol–water partition coefficient (Wildman–Crippen LogP) is 4.15. The van der Waals surface area contributed by atoms with Gasteiger partial charge in [-0.1, -0.05) is 11.6 Å². The Morgan fingerprint density at radius 1 is 1.25 bits per heavy atom. The van der Waals surface area contributed by atoms with Crippen LogP contribution in [-0.2, 0) is 5.88 Å². The van der Waals surface area contributed by atoms with Gasteiger partial charge in [0.2, 0.25) is 5.88 Å². The van der Waals surface area contributed by atoms with Crippen molar-refractivity contribution < 1.29 is 4.74 Å². The lowest BCUT2D eigenvalue weighted by molar-refractivity contribution is 0.450. The van der Waals surface area contributed by atoms with Crippen molar-refractivity contribution in [3.05, 3.63) is 45.9 Å². The fraction of sp³-hybridized carbons (Fsp3) is 0.214. The fourth-order valence-corrected chi connectivity index (χ4v) is 2.35. The molecule has 0 amide bonds. The molecule has 0 fully saturated rings. The molecule has 0 radical (unpaired) electrons. The number of aryl methyl sites for hydroxylation is 2. The Bertz CT molecular complexity index is 672. The molecule has 102 valence electrons. The van der Waals surface area contributed by atoms with E-state index in [0.717, 1.165) is 11.1 Å². The van der Waals surface area contributed by atoms with Crippen molar-refractivity contribution in [2.45, 2.75) is 19.7 Å². The van der Waals surface area contributed by atoms with Crippen molar-refractivity contribution in [2.24, 2.45) is 0 Å². The Balaban J connectivity index is 2.46. The summed E-state index contributed by atoms with van der Waals surface area (Å²) in [6.45, 7) is 3.73. The van der Waals surface area contributed by atoms with Crippen LogP contribution in [0.1, 0.15) is 22.3 Å². The van der Waals surface area contributed by atoms with Crippen LogP contribution >= 0.6 is 23.2 Å². The Labute approximate surface area is 127 Å². The Morgan fingerprint density at radius 2 is 1.90 bits per heavy atom. The average Bonchev–Trinajstić information content (AvgIpc) is 2.42. The highest BCUT2D eigenvalue weighted by Crippen LogP contribution is 2.32. The van der Waals surface area contributed by atoms with E-state index in [9.17, 15) is 0 Å². The molecule has 0 N–H and O–H groups in total. The fourth-order valence-electron chi connectivity index (χ4n) is 1.85. The van der Waals surface area contributed by atoms with Crippen LogP contribution in [0.3, 0.4) is 0 Å². The van der Waals surface area contributed by atoms with Gasteiger partial charge in [0.15, 0.2) is 0 Å². The molecule has 2 aromatic rings. The number of alkyl halides is 1. The second-order valence-corrected chi connectivity index (χ2v) is 4.86. The number of rotatable bonds is 3. The van der Waals surface area contributed by atoms with Crippen LogP contribution in [-0.4, -0.2) is 9.97 Å². The number of ether oxygens (including phenoxy) is 1. The molecule has 0 spiro atoms. The van der Waals surface area contributed by atoms with E-state index >= 15 is 0 Å². The molecule has 1 aromatic carbocycles. The monoisotopic (exact) mass is 307 g/mol. The van der Waals surface area contributed by atoms with E-state index in [2.05, 4.69) is 16.0 Å². The average molecular weight is 308 g/mol. The molecule has 2 rings (SSSR count). The van der Waals surface area contributed by atoms with E-state index in [4.69, 9.17) is 33.2 Å². The van der Waals surface area contributed by atoms with Gasteiger partial charge in [-0.15, -0.1) is 11.6 Å². The molecule has 0 saturated carbocycles. The third-order valence-electron chi connectivity index (χ3n) is 2.78. The minimum atomic E-state index is 0.156. The minimum absolute atomic E-state index is 0.156. The van der Waals surface area contributed by atoms with E-state index < -0.39 is 0 Å². The zero-order chi connectivity index (χ0) is 14.7. The molecule has 1 aromatic heterocycles. The Morgan fingerprint density at radius 3 is 2.45 bits per heavy atom. The standard InChI is InChI=1S/C14H11Cl2N3O/c1-8-3-10(6-17)4-9(2)12(8)20-14-11(5-15)13(16)18-7-19-14/h3-4,7H,5H2,1-2H3. The van der Waals surface area contributed by atoms with Gasteiger partial charge in [-0.05, 0) is 37.1 Å². The van der Waals surface area contributed by atoms with Crippen molar-refractivity contribution >= 4 is 23.2 Å². The van der Waals surface area contributed by atoms with Gasteiger partial charge in [0.25, 0.3) is 0 Å². The SMILES string of the molecule is Cc1cc(C#N)cc(C)c1Oc1ncnc(Cl)c1CCl. The van der Waals surface area contributed by atoms with Gasteiger partial charge < -0.3 is 4.74 Å². The molecule has 0 aliphatic heterocycles. The van der Waals surface area contributed by atoms with Gasteiger partial charge in [0.1, 0.15) is 17.2 Å². The Hall–Kier alpha value is -1.83. The van der Waals surface area contributed by atoms with Gasteiger partial charge in [-0.3, -0.25) is 0 Å². The minimum Gasteiger partial charge on any atom is -0.438 e. The van der Waals surface area contributed by atoms with Crippen LogP contribution in [0.2, 0.25) is 5.15 Å². The molecular weight excluding hydrogens is 297 g/mol. The van der Waals surface area contributed by atoms with Crippen LogP contribution in [0.4, 0.5) is 0 Å². The van der Waals surface area contributed by atoms with Gasteiger partial charge >= 0.3 is 0 Å². The van der Waals surface area contributed by atoms with Crippen LogP contribution in [0.5, 0.6) is 11.6 Å². The van der Waals surface area contributed by atoms with Crippen molar-refractivity contribution in [2.75, 3.05) is 0 Å². The lowest BCUT2D eigenvalue weighted by Gasteiger charge is -2.13. The highest BCUT2D eigenvalue weighted by molar-refractivity contribution is 6.31. The van der Waals surface area contributed by atoms with E-state index in [1.165, 1.54) is 6.33 Å². The van der Waals surface area contributed by atoms with Crippen LogP contribution < -0.4 is 4.74 Å². The molecule has 0 atom stereocenters. The molecule has 0 aliphatic carbocycles. The van der Waals surface area contributed by atoms with Crippen molar-refractivity contribution in [1.82, 2.24) is 9.97 Å².